The van der Waals surface area contributed by atoms with Crippen molar-refractivity contribution in [3.8, 4) is 0 Å². The van der Waals surface area contributed by atoms with E-state index in [9.17, 15) is 9.59 Å². The fourth-order valence-electron chi connectivity index (χ4n) is 1.03. The Labute approximate surface area is 97.6 Å². The minimum atomic E-state index is -0.436. The van der Waals surface area contributed by atoms with Crippen LogP contribution in [0.5, 0.6) is 0 Å². The lowest BCUT2D eigenvalue weighted by atomic mass is 10.4. The molecule has 1 rings (SSSR count). The van der Waals surface area contributed by atoms with E-state index in [0.29, 0.717) is 10.6 Å². The molecule has 6 heteroatoms. The van der Waals surface area contributed by atoms with Crippen molar-refractivity contribution in [3.63, 3.8) is 0 Å². The third-order valence-electron chi connectivity index (χ3n) is 2.00. The molecular formula is C10H14N2O3S. The third kappa shape index (κ3) is 3.23. The fourth-order valence-corrected chi connectivity index (χ4v) is 1.86. The zero-order valence-corrected chi connectivity index (χ0v) is 10.0. The zero-order chi connectivity index (χ0) is 12.1. The lowest BCUT2D eigenvalue weighted by molar-refractivity contribution is -0.121. The highest BCUT2D eigenvalue weighted by Crippen LogP contribution is 2.23. The van der Waals surface area contributed by atoms with Gasteiger partial charge in [-0.2, -0.15) is 0 Å². The highest BCUT2D eigenvalue weighted by atomic mass is 32.1. The van der Waals surface area contributed by atoms with Crippen LogP contribution in [0.2, 0.25) is 0 Å². The van der Waals surface area contributed by atoms with Crippen LogP contribution in [-0.4, -0.2) is 25.5 Å². The Bertz CT molecular complexity index is 381. The summed E-state index contributed by atoms with van der Waals surface area (Å²) in [6.07, 6.45) is 0.169. The summed E-state index contributed by atoms with van der Waals surface area (Å²) in [5.74, 6) is -0.594. The smallest absolute Gasteiger partial charge is 0.348 e. The van der Waals surface area contributed by atoms with Crippen LogP contribution in [0, 0.1) is 6.92 Å². The molecule has 0 saturated heterocycles. The molecule has 0 saturated carbocycles. The van der Waals surface area contributed by atoms with E-state index >= 15 is 0 Å². The van der Waals surface area contributed by atoms with Gasteiger partial charge in [0.05, 0.1) is 6.42 Å². The maximum atomic E-state index is 11.5. The minimum Gasteiger partial charge on any atom is -0.461 e. The number of hydrogen-bond donors (Lipinski definition) is 2. The lowest BCUT2D eigenvalue weighted by Crippen LogP contribution is -2.20. The molecule has 1 aromatic heterocycles. The van der Waals surface area contributed by atoms with Gasteiger partial charge in [0.25, 0.3) is 0 Å². The molecule has 1 aromatic rings. The van der Waals surface area contributed by atoms with E-state index in [1.54, 1.807) is 6.07 Å². The highest BCUT2D eigenvalue weighted by molar-refractivity contribution is 7.14. The van der Waals surface area contributed by atoms with Gasteiger partial charge in [0.2, 0.25) is 5.91 Å². The maximum absolute atomic E-state index is 11.5. The van der Waals surface area contributed by atoms with Crippen LogP contribution in [0.25, 0.3) is 0 Å². The summed E-state index contributed by atoms with van der Waals surface area (Å²) in [6, 6.07) is 1.59. The quantitative estimate of drug-likeness (QED) is 0.770. The second kappa shape index (κ2) is 5.50. The van der Waals surface area contributed by atoms with Gasteiger partial charge in [-0.3, -0.25) is 4.79 Å². The van der Waals surface area contributed by atoms with Gasteiger partial charge in [0.1, 0.15) is 11.5 Å². The van der Waals surface area contributed by atoms with Crippen molar-refractivity contribution >= 4 is 28.9 Å². The number of amides is 1. The molecule has 0 atom stereocenters. The second-order valence-corrected chi connectivity index (χ2v) is 4.44. The standard InChI is InChI=1S/C10H14N2O3S/c1-6-7(11)5-8(16-6)10(14)15-4-3-9(13)12-2/h5H,3-4,11H2,1-2H3,(H,12,13). The predicted molar refractivity (Wildman–Crippen MR) is 62.4 cm³/mol. The van der Waals surface area contributed by atoms with Crippen molar-refractivity contribution in [2.45, 2.75) is 13.3 Å². The van der Waals surface area contributed by atoms with E-state index in [0.717, 1.165) is 4.88 Å². The van der Waals surface area contributed by atoms with Crippen LogP contribution >= 0.6 is 11.3 Å². The number of carbonyl (C=O) groups excluding carboxylic acids is 2. The summed E-state index contributed by atoms with van der Waals surface area (Å²) in [5, 5.41) is 2.44. The monoisotopic (exact) mass is 242 g/mol. The molecule has 0 fully saturated rings. The van der Waals surface area contributed by atoms with Gasteiger partial charge in [-0.1, -0.05) is 0 Å². The van der Waals surface area contributed by atoms with E-state index in [1.165, 1.54) is 18.4 Å². The first kappa shape index (κ1) is 12.5. The van der Waals surface area contributed by atoms with E-state index in [1.807, 2.05) is 6.92 Å². The number of esters is 1. The van der Waals surface area contributed by atoms with Crippen molar-refractivity contribution in [3.05, 3.63) is 15.8 Å². The van der Waals surface area contributed by atoms with Crippen LogP contribution in [0.3, 0.4) is 0 Å². The molecule has 1 heterocycles. The van der Waals surface area contributed by atoms with Gasteiger partial charge in [0.15, 0.2) is 0 Å². The van der Waals surface area contributed by atoms with Gasteiger partial charge >= 0.3 is 5.97 Å². The number of aryl methyl sites for hydroxylation is 1. The molecular weight excluding hydrogens is 228 g/mol. The van der Waals surface area contributed by atoms with Crippen molar-refractivity contribution in [2.75, 3.05) is 19.4 Å². The molecule has 0 aromatic carbocycles. The number of nitrogens with one attached hydrogen (secondary N) is 1. The SMILES string of the molecule is CNC(=O)CCOC(=O)c1cc(N)c(C)s1. The van der Waals surface area contributed by atoms with Gasteiger partial charge in [0, 0.05) is 17.6 Å². The Morgan fingerprint density at radius 3 is 2.75 bits per heavy atom. The van der Waals surface area contributed by atoms with Crippen molar-refractivity contribution < 1.29 is 14.3 Å². The van der Waals surface area contributed by atoms with Gasteiger partial charge in [-0.25, -0.2) is 4.79 Å². The van der Waals surface area contributed by atoms with Crippen LogP contribution in [0.4, 0.5) is 5.69 Å². The molecule has 0 radical (unpaired) electrons. The summed E-state index contributed by atoms with van der Waals surface area (Å²) < 4.78 is 4.92. The zero-order valence-electron chi connectivity index (χ0n) is 9.20. The number of nitrogen functional groups attached to an aromatic ring is 1. The fraction of sp³-hybridized carbons (Fsp3) is 0.400. The Hall–Kier alpha value is -1.56. The highest BCUT2D eigenvalue weighted by Gasteiger charge is 2.12. The lowest BCUT2D eigenvalue weighted by Gasteiger charge is -2.01. The minimum absolute atomic E-state index is 0.0787. The van der Waals surface area contributed by atoms with Gasteiger partial charge < -0.3 is 15.8 Å². The van der Waals surface area contributed by atoms with Gasteiger partial charge in [-0.15, -0.1) is 11.3 Å². The number of ether oxygens (including phenoxy) is 1. The molecule has 1 amide bonds. The number of rotatable bonds is 4. The molecule has 0 aliphatic carbocycles. The normalized spacial score (nSPS) is 9.88. The predicted octanol–water partition coefficient (Wildman–Crippen LogP) is 0.932. The van der Waals surface area contributed by atoms with Crippen molar-refractivity contribution in [1.82, 2.24) is 5.32 Å². The molecule has 0 aliphatic rings. The van der Waals surface area contributed by atoms with Crippen LogP contribution in [0.1, 0.15) is 21.0 Å². The molecule has 88 valence electrons. The summed E-state index contributed by atoms with van der Waals surface area (Å²) in [7, 11) is 1.54. The molecule has 0 bridgehead atoms. The third-order valence-corrected chi connectivity index (χ3v) is 3.04. The summed E-state index contributed by atoms with van der Waals surface area (Å²) in [4.78, 5) is 23.7. The van der Waals surface area contributed by atoms with E-state index < -0.39 is 5.97 Å². The largest absolute Gasteiger partial charge is 0.461 e. The molecule has 0 spiro atoms. The van der Waals surface area contributed by atoms with E-state index in [2.05, 4.69) is 5.32 Å². The number of thiophene rings is 1. The summed E-state index contributed by atoms with van der Waals surface area (Å²) >= 11 is 1.29. The molecule has 16 heavy (non-hydrogen) atoms. The molecule has 0 aliphatic heterocycles. The number of carbonyl (C=O) groups is 2. The average molecular weight is 242 g/mol. The number of anilines is 1. The molecule has 0 unspecified atom stereocenters. The van der Waals surface area contributed by atoms with Crippen LogP contribution in [-0.2, 0) is 9.53 Å². The Morgan fingerprint density at radius 1 is 1.56 bits per heavy atom. The van der Waals surface area contributed by atoms with E-state index in [-0.39, 0.29) is 18.9 Å². The summed E-state index contributed by atoms with van der Waals surface area (Å²) in [6.45, 7) is 1.91. The first-order chi connectivity index (χ1) is 7.54. The first-order valence-corrected chi connectivity index (χ1v) is 5.60. The Balaban J connectivity index is 2.44. The van der Waals surface area contributed by atoms with Crippen molar-refractivity contribution in [2.24, 2.45) is 0 Å². The molecule has 3 N–H and O–H groups in total. The van der Waals surface area contributed by atoms with Crippen molar-refractivity contribution in [1.29, 1.82) is 0 Å². The summed E-state index contributed by atoms with van der Waals surface area (Å²) in [5.41, 5.74) is 6.20. The first-order valence-electron chi connectivity index (χ1n) is 4.78. The van der Waals surface area contributed by atoms with Crippen LogP contribution < -0.4 is 11.1 Å². The Kier molecular flexibility index (Phi) is 4.30. The van der Waals surface area contributed by atoms with E-state index in [4.69, 9.17) is 10.5 Å². The maximum Gasteiger partial charge on any atom is 0.348 e. The van der Waals surface area contributed by atoms with Gasteiger partial charge in [-0.05, 0) is 13.0 Å². The number of hydrogen-bond acceptors (Lipinski definition) is 5. The second-order valence-electron chi connectivity index (χ2n) is 3.18. The van der Waals surface area contributed by atoms with Crippen LogP contribution in [0.15, 0.2) is 6.07 Å². The topological polar surface area (TPSA) is 81.4 Å². The number of nitrogens with two attached hydrogens (primary N) is 1. The Morgan fingerprint density at radius 2 is 2.25 bits per heavy atom. The molecule has 5 nitrogen and oxygen atoms in total. The average Bonchev–Trinajstić information content (AvgIpc) is 2.59.